The Morgan fingerprint density at radius 2 is 2.26 bits per heavy atom. The second kappa shape index (κ2) is 5.75. The van der Waals surface area contributed by atoms with Crippen LogP contribution in [0.2, 0.25) is 0 Å². The molecule has 0 bridgehead atoms. The van der Waals surface area contributed by atoms with Gasteiger partial charge >= 0.3 is 12.0 Å². The first-order valence-corrected chi connectivity index (χ1v) is 6.05. The van der Waals surface area contributed by atoms with Crippen molar-refractivity contribution in [3.63, 3.8) is 0 Å². The van der Waals surface area contributed by atoms with Crippen molar-refractivity contribution in [2.45, 2.75) is 31.5 Å². The molecule has 1 saturated carbocycles. The molecular formula is C12H16N2O5. The highest BCUT2D eigenvalue weighted by molar-refractivity contribution is 5.77. The van der Waals surface area contributed by atoms with E-state index < -0.39 is 12.1 Å². The van der Waals surface area contributed by atoms with Crippen molar-refractivity contribution in [2.24, 2.45) is 0 Å². The molecule has 0 spiro atoms. The zero-order chi connectivity index (χ0) is 13.8. The molecule has 0 aromatic carbocycles. The summed E-state index contributed by atoms with van der Waals surface area (Å²) in [5.74, 6) is -0.690. The molecule has 0 radical (unpaired) electrons. The number of carboxylic acid groups (broad SMARTS) is 1. The van der Waals surface area contributed by atoms with Gasteiger partial charge in [0.15, 0.2) is 6.10 Å². The number of aliphatic hydroxyl groups is 1. The smallest absolute Gasteiger partial charge is 0.334 e. The number of hydrogen-bond acceptors (Lipinski definition) is 4. The van der Waals surface area contributed by atoms with E-state index in [2.05, 4.69) is 5.32 Å². The molecule has 1 heterocycles. The Kier molecular flexibility index (Phi) is 4.06. The Labute approximate surface area is 109 Å². The third-order valence-electron chi connectivity index (χ3n) is 2.89. The molecule has 1 fully saturated rings. The molecule has 1 aromatic rings. The summed E-state index contributed by atoms with van der Waals surface area (Å²) in [5.41, 5.74) is 0. The summed E-state index contributed by atoms with van der Waals surface area (Å²) in [6.07, 6.45) is 1.80. The van der Waals surface area contributed by atoms with Crippen LogP contribution < -0.4 is 5.32 Å². The van der Waals surface area contributed by atoms with Crippen molar-refractivity contribution in [3.8, 4) is 0 Å². The van der Waals surface area contributed by atoms with E-state index in [0.717, 1.165) is 12.8 Å². The Hall–Kier alpha value is -2.02. The molecule has 0 unspecified atom stereocenters. The number of furan rings is 1. The molecule has 0 aliphatic heterocycles. The number of nitrogens with one attached hydrogen (secondary N) is 1. The molecule has 7 heteroatoms. The monoisotopic (exact) mass is 268 g/mol. The molecule has 19 heavy (non-hydrogen) atoms. The van der Waals surface area contributed by atoms with E-state index in [0.29, 0.717) is 12.3 Å². The first-order valence-electron chi connectivity index (χ1n) is 6.05. The minimum absolute atomic E-state index is 0.159. The Balaban J connectivity index is 1.88. The summed E-state index contributed by atoms with van der Waals surface area (Å²) in [6.45, 7) is 0.0300. The van der Waals surface area contributed by atoms with Gasteiger partial charge in [-0.2, -0.15) is 0 Å². The van der Waals surface area contributed by atoms with E-state index in [4.69, 9.17) is 14.6 Å². The summed E-state index contributed by atoms with van der Waals surface area (Å²) in [7, 11) is 0. The maximum atomic E-state index is 11.9. The summed E-state index contributed by atoms with van der Waals surface area (Å²) >= 11 is 0. The summed E-state index contributed by atoms with van der Waals surface area (Å²) in [4.78, 5) is 24.0. The number of rotatable bonds is 6. The van der Waals surface area contributed by atoms with Crippen LogP contribution in [0.4, 0.5) is 4.79 Å². The quantitative estimate of drug-likeness (QED) is 0.693. The zero-order valence-electron chi connectivity index (χ0n) is 10.3. The molecule has 0 saturated heterocycles. The predicted molar refractivity (Wildman–Crippen MR) is 64.3 cm³/mol. The van der Waals surface area contributed by atoms with E-state index in [1.165, 1.54) is 6.26 Å². The highest BCUT2D eigenvalue weighted by Gasteiger charge is 2.33. The van der Waals surface area contributed by atoms with Crippen LogP contribution in [-0.4, -0.2) is 45.8 Å². The average molecular weight is 268 g/mol. The minimum Gasteiger partial charge on any atom is -0.479 e. The second-order valence-corrected chi connectivity index (χ2v) is 4.48. The number of amides is 2. The van der Waals surface area contributed by atoms with Crippen molar-refractivity contribution in [1.29, 1.82) is 0 Å². The number of nitrogens with zero attached hydrogens (tertiary/aromatic N) is 1. The van der Waals surface area contributed by atoms with Crippen molar-refractivity contribution in [1.82, 2.24) is 10.2 Å². The number of carbonyl (C=O) groups is 2. The highest BCUT2D eigenvalue weighted by atomic mass is 16.4. The van der Waals surface area contributed by atoms with Gasteiger partial charge in [0, 0.05) is 6.04 Å². The number of carbonyl (C=O) groups excluding carboxylic acids is 1. The molecule has 3 N–H and O–H groups in total. The Bertz CT molecular complexity index is 441. The van der Waals surface area contributed by atoms with Crippen LogP contribution in [0.5, 0.6) is 0 Å². The van der Waals surface area contributed by atoms with Gasteiger partial charge in [-0.25, -0.2) is 9.59 Å². The summed E-state index contributed by atoms with van der Waals surface area (Å²) < 4.78 is 5.19. The van der Waals surface area contributed by atoms with Gasteiger partial charge in [-0.1, -0.05) is 0 Å². The van der Waals surface area contributed by atoms with Crippen molar-refractivity contribution >= 4 is 12.0 Å². The number of aliphatic hydroxyl groups excluding tert-OH is 1. The van der Waals surface area contributed by atoms with Gasteiger partial charge in [-0.3, -0.25) is 0 Å². The standard InChI is InChI=1S/C12H16N2O5/c15-10(11(16)17)6-13-12(18)14(8-3-4-8)7-9-2-1-5-19-9/h1-2,5,8,10,15H,3-4,6-7H2,(H,13,18)(H,16,17)/t10-/m0/s1. The van der Waals surface area contributed by atoms with E-state index in [1.54, 1.807) is 17.0 Å². The molecule has 1 aliphatic rings. The SMILES string of the molecule is O=C(O)[C@@H](O)CNC(=O)N(Cc1ccco1)C1CC1. The fourth-order valence-corrected chi connectivity index (χ4v) is 1.70. The third-order valence-corrected chi connectivity index (χ3v) is 2.89. The van der Waals surface area contributed by atoms with E-state index >= 15 is 0 Å². The molecule has 7 nitrogen and oxygen atoms in total. The van der Waals surface area contributed by atoms with Gasteiger partial charge in [0.05, 0.1) is 19.4 Å². The number of urea groups is 1. The molecule has 104 valence electrons. The van der Waals surface area contributed by atoms with Crippen LogP contribution in [0, 0.1) is 0 Å². The van der Waals surface area contributed by atoms with Gasteiger partial charge in [0.2, 0.25) is 0 Å². The van der Waals surface area contributed by atoms with E-state index in [1.807, 2.05) is 0 Å². The number of carboxylic acids is 1. The molecule has 2 amide bonds. The highest BCUT2D eigenvalue weighted by Crippen LogP contribution is 2.28. The van der Waals surface area contributed by atoms with E-state index in [9.17, 15) is 9.59 Å². The third kappa shape index (κ3) is 3.72. The van der Waals surface area contributed by atoms with Crippen LogP contribution in [0.25, 0.3) is 0 Å². The van der Waals surface area contributed by atoms with Gasteiger partial charge in [0.1, 0.15) is 5.76 Å². The lowest BCUT2D eigenvalue weighted by Gasteiger charge is -2.22. The maximum absolute atomic E-state index is 11.9. The summed E-state index contributed by atoms with van der Waals surface area (Å²) in [5, 5.41) is 20.1. The summed E-state index contributed by atoms with van der Waals surface area (Å²) in [6, 6.07) is 3.28. The topological polar surface area (TPSA) is 103 Å². The van der Waals surface area contributed by atoms with Crippen LogP contribution in [0.3, 0.4) is 0 Å². The second-order valence-electron chi connectivity index (χ2n) is 4.48. The van der Waals surface area contributed by atoms with Crippen LogP contribution in [-0.2, 0) is 11.3 Å². The minimum atomic E-state index is -1.59. The normalized spacial score (nSPS) is 15.8. The lowest BCUT2D eigenvalue weighted by molar-refractivity contribution is -0.146. The lowest BCUT2D eigenvalue weighted by Crippen LogP contribution is -2.45. The molecule has 1 aromatic heterocycles. The zero-order valence-corrected chi connectivity index (χ0v) is 10.3. The van der Waals surface area contributed by atoms with Gasteiger partial charge in [-0.05, 0) is 25.0 Å². The Morgan fingerprint density at radius 1 is 1.53 bits per heavy atom. The first kappa shape index (κ1) is 13.4. The lowest BCUT2D eigenvalue weighted by atomic mass is 10.3. The number of aliphatic carboxylic acids is 1. The van der Waals surface area contributed by atoms with Crippen molar-refractivity contribution < 1.29 is 24.2 Å². The molecule has 1 aliphatic carbocycles. The van der Waals surface area contributed by atoms with Crippen LogP contribution in [0.15, 0.2) is 22.8 Å². The fraction of sp³-hybridized carbons (Fsp3) is 0.500. The van der Waals surface area contributed by atoms with Gasteiger partial charge < -0.3 is 24.8 Å². The molecule has 2 rings (SSSR count). The Morgan fingerprint density at radius 3 is 2.79 bits per heavy atom. The largest absolute Gasteiger partial charge is 0.479 e. The van der Waals surface area contributed by atoms with Crippen LogP contribution in [0.1, 0.15) is 18.6 Å². The fourth-order valence-electron chi connectivity index (χ4n) is 1.70. The predicted octanol–water partition coefficient (Wildman–Crippen LogP) is 0.399. The molecular weight excluding hydrogens is 252 g/mol. The average Bonchev–Trinajstić information content (AvgIpc) is 3.09. The van der Waals surface area contributed by atoms with Gasteiger partial charge in [-0.15, -0.1) is 0 Å². The maximum Gasteiger partial charge on any atom is 0.334 e. The molecule has 1 atom stereocenters. The number of hydrogen-bond donors (Lipinski definition) is 3. The van der Waals surface area contributed by atoms with Gasteiger partial charge in [0.25, 0.3) is 0 Å². The van der Waals surface area contributed by atoms with Crippen LogP contribution >= 0.6 is 0 Å². The first-order chi connectivity index (χ1) is 9.08. The van der Waals surface area contributed by atoms with E-state index in [-0.39, 0.29) is 18.6 Å². The van der Waals surface area contributed by atoms with Crippen molar-refractivity contribution in [2.75, 3.05) is 6.54 Å². The van der Waals surface area contributed by atoms with Crippen molar-refractivity contribution in [3.05, 3.63) is 24.2 Å².